The standard InChI is InChI=1S/C18H21ClN2O3S/c1-12(2)11-20-18(22)14-5-4-6-16(10-14)25(23,24)21-17-8-7-15(19)9-13(17)3/h4-10,12,21H,11H2,1-3H3,(H,20,22). The Hall–Kier alpha value is -2.05. The van der Waals surface area contributed by atoms with E-state index in [2.05, 4.69) is 10.0 Å². The highest BCUT2D eigenvalue weighted by atomic mass is 35.5. The Kier molecular flexibility index (Phi) is 6.08. The van der Waals surface area contributed by atoms with E-state index in [1.54, 1.807) is 37.3 Å². The normalized spacial score (nSPS) is 11.4. The van der Waals surface area contributed by atoms with Gasteiger partial charge in [0, 0.05) is 17.1 Å². The second kappa shape index (κ2) is 7.89. The topological polar surface area (TPSA) is 75.3 Å². The largest absolute Gasteiger partial charge is 0.352 e. The van der Waals surface area contributed by atoms with Crippen molar-refractivity contribution < 1.29 is 13.2 Å². The van der Waals surface area contributed by atoms with Gasteiger partial charge in [-0.25, -0.2) is 8.42 Å². The van der Waals surface area contributed by atoms with Gasteiger partial charge in [-0.15, -0.1) is 0 Å². The van der Waals surface area contributed by atoms with Crippen LogP contribution in [-0.4, -0.2) is 20.9 Å². The fourth-order valence-electron chi connectivity index (χ4n) is 2.15. The molecule has 1 amide bonds. The van der Waals surface area contributed by atoms with E-state index in [1.165, 1.54) is 12.1 Å². The van der Waals surface area contributed by atoms with Crippen molar-refractivity contribution in [2.75, 3.05) is 11.3 Å². The predicted molar refractivity (Wildman–Crippen MR) is 101 cm³/mol. The number of aryl methyl sites for hydroxylation is 1. The first-order chi connectivity index (χ1) is 11.7. The van der Waals surface area contributed by atoms with Crippen LogP contribution in [0.15, 0.2) is 47.4 Å². The molecule has 0 fully saturated rings. The minimum Gasteiger partial charge on any atom is -0.352 e. The van der Waals surface area contributed by atoms with Crippen LogP contribution in [0, 0.1) is 12.8 Å². The van der Waals surface area contributed by atoms with E-state index in [9.17, 15) is 13.2 Å². The van der Waals surface area contributed by atoms with Crippen LogP contribution in [0.25, 0.3) is 0 Å². The lowest BCUT2D eigenvalue weighted by atomic mass is 10.2. The number of carbonyl (C=O) groups excluding carboxylic acids is 1. The van der Waals surface area contributed by atoms with E-state index in [0.717, 1.165) is 0 Å². The van der Waals surface area contributed by atoms with Crippen molar-refractivity contribution in [2.45, 2.75) is 25.7 Å². The maximum atomic E-state index is 12.6. The first-order valence-electron chi connectivity index (χ1n) is 7.86. The van der Waals surface area contributed by atoms with Crippen molar-refractivity contribution in [2.24, 2.45) is 5.92 Å². The summed E-state index contributed by atoms with van der Waals surface area (Å²) >= 11 is 5.89. The summed E-state index contributed by atoms with van der Waals surface area (Å²) in [4.78, 5) is 12.2. The Morgan fingerprint density at radius 2 is 1.88 bits per heavy atom. The van der Waals surface area contributed by atoms with Crippen LogP contribution in [0.1, 0.15) is 29.8 Å². The Morgan fingerprint density at radius 3 is 2.52 bits per heavy atom. The van der Waals surface area contributed by atoms with Gasteiger partial charge in [0.15, 0.2) is 0 Å². The van der Waals surface area contributed by atoms with Crippen LogP contribution in [0.2, 0.25) is 5.02 Å². The molecule has 2 N–H and O–H groups in total. The van der Waals surface area contributed by atoms with Crippen LogP contribution in [0.3, 0.4) is 0 Å². The SMILES string of the molecule is Cc1cc(Cl)ccc1NS(=O)(=O)c1cccc(C(=O)NCC(C)C)c1. The molecule has 5 nitrogen and oxygen atoms in total. The number of amides is 1. The lowest BCUT2D eigenvalue weighted by Crippen LogP contribution is -2.27. The molecule has 0 radical (unpaired) electrons. The first kappa shape index (κ1) is 19.3. The van der Waals surface area contributed by atoms with E-state index in [-0.39, 0.29) is 10.8 Å². The van der Waals surface area contributed by atoms with Gasteiger partial charge in [-0.3, -0.25) is 9.52 Å². The Bertz CT molecular complexity index is 880. The van der Waals surface area contributed by atoms with E-state index in [0.29, 0.717) is 34.3 Å². The van der Waals surface area contributed by atoms with Crippen LogP contribution >= 0.6 is 11.6 Å². The fraction of sp³-hybridized carbons (Fsp3) is 0.278. The summed E-state index contributed by atoms with van der Waals surface area (Å²) in [6, 6.07) is 10.8. The van der Waals surface area contributed by atoms with Gasteiger partial charge in [-0.1, -0.05) is 31.5 Å². The molecule has 0 aliphatic rings. The third-order valence-corrected chi connectivity index (χ3v) is 5.11. The summed E-state index contributed by atoms with van der Waals surface area (Å²) in [7, 11) is -3.81. The van der Waals surface area contributed by atoms with Crippen molar-refractivity contribution in [3.05, 3.63) is 58.6 Å². The zero-order valence-corrected chi connectivity index (χ0v) is 15.9. The second-order valence-corrected chi connectivity index (χ2v) is 8.32. The van der Waals surface area contributed by atoms with Gasteiger partial charge >= 0.3 is 0 Å². The molecule has 2 aromatic rings. The van der Waals surface area contributed by atoms with Gasteiger partial charge in [0.25, 0.3) is 15.9 Å². The van der Waals surface area contributed by atoms with E-state index >= 15 is 0 Å². The molecule has 0 unspecified atom stereocenters. The average Bonchev–Trinajstić information content (AvgIpc) is 2.55. The number of carbonyl (C=O) groups is 1. The molecule has 0 atom stereocenters. The van der Waals surface area contributed by atoms with Crippen molar-refractivity contribution >= 4 is 33.2 Å². The molecule has 0 bridgehead atoms. The molecule has 25 heavy (non-hydrogen) atoms. The highest BCUT2D eigenvalue weighted by Crippen LogP contribution is 2.23. The molecule has 2 rings (SSSR count). The maximum Gasteiger partial charge on any atom is 0.261 e. The van der Waals surface area contributed by atoms with Crippen molar-refractivity contribution in [1.82, 2.24) is 5.32 Å². The maximum absolute atomic E-state index is 12.6. The van der Waals surface area contributed by atoms with Gasteiger partial charge in [-0.2, -0.15) is 0 Å². The number of halogens is 1. The smallest absolute Gasteiger partial charge is 0.261 e. The molecule has 0 saturated carbocycles. The third-order valence-electron chi connectivity index (χ3n) is 3.51. The number of benzene rings is 2. The van der Waals surface area contributed by atoms with Gasteiger partial charge in [-0.05, 0) is 54.8 Å². The molecule has 134 valence electrons. The van der Waals surface area contributed by atoms with E-state index in [4.69, 9.17) is 11.6 Å². The molecular formula is C18H21ClN2O3S. The highest BCUT2D eigenvalue weighted by molar-refractivity contribution is 7.92. The summed E-state index contributed by atoms with van der Waals surface area (Å²) in [6.07, 6.45) is 0. The summed E-state index contributed by atoms with van der Waals surface area (Å²) in [5, 5.41) is 3.30. The Labute approximate surface area is 153 Å². The molecule has 0 heterocycles. The minimum absolute atomic E-state index is 0.0269. The molecule has 2 aromatic carbocycles. The second-order valence-electron chi connectivity index (χ2n) is 6.20. The monoisotopic (exact) mass is 380 g/mol. The van der Waals surface area contributed by atoms with Gasteiger partial charge in [0.2, 0.25) is 0 Å². The van der Waals surface area contributed by atoms with Crippen LogP contribution in [-0.2, 0) is 10.0 Å². The minimum atomic E-state index is -3.81. The first-order valence-corrected chi connectivity index (χ1v) is 9.72. The Balaban J connectivity index is 2.24. The van der Waals surface area contributed by atoms with E-state index < -0.39 is 10.0 Å². The number of hydrogen-bond acceptors (Lipinski definition) is 3. The number of anilines is 1. The average molecular weight is 381 g/mol. The molecular weight excluding hydrogens is 360 g/mol. The third kappa shape index (κ3) is 5.21. The quantitative estimate of drug-likeness (QED) is 0.799. The number of nitrogens with one attached hydrogen (secondary N) is 2. The molecule has 0 aliphatic carbocycles. The van der Waals surface area contributed by atoms with Gasteiger partial charge in [0.1, 0.15) is 0 Å². The summed E-state index contributed by atoms with van der Waals surface area (Å²) in [5.41, 5.74) is 1.46. The van der Waals surface area contributed by atoms with Crippen molar-refractivity contribution in [1.29, 1.82) is 0 Å². The summed E-state index contributed by atoms with van der Waals surface area (Å²) in [5.74, 6) is 0.0128. The summed E-state index contributed by atoms with van der Waals surface area (Å²) < 4.78 is 27.7. The van der Waals surface area contributed by atoms with Crippen LogP contribution in [0.4, 0.5) is 5.69 Å². The number of rotatable bonds is 6. The molecule has 0 aliphatic heterocycles. The predicted octanol–water partition coefficient (Wildman–Crippen LogP) is 3.84. The van der Waals surface area contributed by atoms with Crippen molar-refractivity contribution in [3.63, 3.8) is 0 Å². The summed E-state index contributed by atoms with van der Waals surface area (Å²) in [6.45, 7) is 6.26. The van der Waals surface area contributed by atoms with Crippen LogP contribution < -0.4 is 10.0 Å². The van der Waals surface area contributed by atoms with E-state index in [1.807, 2.05) is 13.8 Å². The number of sulfonamides is 1. The van der Waals surface area contributed by atoms with Crippen molar-refractivity contribution in [3.8, 4) is 0 Å². The van der Waals surface area contributed by atoms with Gasteiger partial charge in [0.05, 0.1) is 10.6 Å². The fourth-order valence-corrected chi connectivity index (χ4v) is 3.55. The molecule has 0 spiro atoms. The lowest BCUT2D eigenvalue weighted by molar-refractivity contribution is 0.0949. The lowest BCUT2D eigenvalue weighted by Gasteiger charge is -2.12. The zero-order chi connectivity index (χ0) is 18.6. The number of hydrogen-bond donors (Lipinski definition) is 2. The Morgan fingerprint density at radius 1 is 1.16 bits per heavy atom. The molecule has 0 saturated heterocycles. The zero-order valence-electron chi connectivity index (χ0n) is 14.3. The molecule has 7 heteroatoms. The van der Waals surface area contributed by atoms with Crippen LogP contribution in [0.5, 0.6) is 0 Å². The van der Waals surface area contributed by atoms with Gasteiger partial charge < -0.3 is 5.32 Å². The highest BCUT2D eigenvalue weighted by Gasteiger charge is 2.17. The molecule has 0 aromatic heterocycles.